The van der Waals surface area contributed by atoms with Crippen molar-refractivity contribution in [3.63, 3.8) is 0 Å². The van der Waals surface area contributed by atoms with E-state index >= 15 is 0 Å². The van der Waals surface area contributed by atoms with E-state index in [0.717, 1.165) is 49.0 Å². The number of nitrogens with zero attached hydrogens (tertiary/aromatic N) is 4. The van der Waals surface area contributed by atoms with Crippen LogP contribution in [0.3, 0.4) is 0 Å². The van der Waals surface area contributed by atoms with Crippen LogP contribution in [0.5, 0.6) is 0 Å². The van der Waals surface area contributed by atoms with Gasteiger partial charge in [-0.25, -0.2) is 4.99 Å². The molecule has 0 amide bonds. The second-order valence-electron chi connectivity index (χ2n) is 6.98. The van der Waals surface area contributed by atoms with E-state index in [1.165, 1.54) is 5.70 Å². The molecule has 0 saturated heterocycles. The first-order chi connectivity index (χ1) is 12.6. The number of amidine groups is 1. The maximum absolute atomic E-state index is 4.82. The van der Waals surface area contributed by atoms with Crippen molar-refractivity contribution < 1.29 is 0 Å². The lowest BCUT2D eigenvalue weighted by Crippen LogP contribution is -2.41. The monoisotopic (exact) mass is 351 g/mol. The molecule has 5 heteroatoms. The van der Waals surface area contributed by atoms with Crippen LogP contribution in [0.4, 0.5) is 11.4 Å². The fourth-order valence-electron chi connectivity index (χ4n) is 3.22. The Morgan fingerprint density at radius 2 is 2.00 bits per heavy atom. The van der Waals surface area contributed by atoms with Crippen molar-refractivity contribution in [3.8, 4) is 0 Å². The summed E-state index contributed by atoms with van der Waals surface area (Å²) in [7, 11) is 4.21. The smallest absolute Gasteiger partial charge is 0.128 e. The first-order valence-corrected chi connectivity index (χ1v) is 9.19. The highest BCUT2D eigenvalue weighted by atomic mass is 15.3. The van der Waals surface area contributed by atoms with Gasteiger partial charge < -0.3 is 20.0 Å². The van der Waals surface area contributed by atoms with E-state index in [0.29, 0.717) is 6.54 Å². The molecule has 138 valence electrons. The zero-order valence-electron chi connectivity index (χ0n) is 16.1. The molecule has 0 bridgehead atoms. The van der Waals surface area contributed by atoms with E-state index in [1.54, 1.807) is 0 Å². The summed E-state index contributed by atoms with van der Waals surface area (Å²) in [4.78, 5) is 11.6. The first kappa shape index (κ1) is 18.3. The fourth-order valence-corrected chi connectivity index (χ4v) is 3.22. The molecule has 3 rings (SSSR count). The quantitative estimate of drug-likeness (QED) is 0.873. The topological polar surface area (TPSA) is 34.1 Å². The number of fused-ring (bicyclic) bond motifs is 1. The maximum Gasteiger partial charge on any atom is 0.128 e. The molecule has 0 saturated carbocycles. The highest BCUT2D eigenvalue weighted by molar-refractivity contribution is 5.93. The Morgan fingerprint density at radius 1 is 1.19 bits per heavy atom. The summed E-state index contributed by atoms with van der Waals surface area (Å²) < 4.78 is 0. The first-order valence-electron chi connectivity index (χ1n) is 9.19. The fraction of sp³-hybridized carbons (Fsp3) is 0.381. The van der Waals surface area contributed by atoms with Crippen LogP contribution in [0.2, 0.25) is 0 Å². The van der Waals surface area contributed by atoms with Crippen LogP contribution in [-0.2, 0) is 0 Å². The minimum Gasteiger partial charge on any atom is -0.340 e. The minimum absolute atomic E-state index is 0.686. The minimum atomic E-state index is 0.686. The third kappa shape index (κ3) is 4.17. The average Bonchev–Trinajstić information content (AvgIpc) is 2.95. The van der Waals surface area contributed by atoms with Crippen molar-refractivity contribution in [1.82, 2.24) is 9.80 Å². The summed E-state index contributed by atoms with van der Waals surface area (Å²) in [5, 5.41) is 3.37. The Bertz CT molecular complexity index is 745. The number of aliphatic imine (C=N–C) groups is 1. The third-order valence-corrected chi connectivity index (χ3v) is 4.71. The van der Waals surface area contributed by atoms with Gasteiger partial charge in [0.05, 0.1) is 17.9 Å². The number of rotatable bonds is 5. The summed E-state index contributed by atoms with van der Waals surface area (Å²) in [6, 6.07) is 8.31. The second-order valence-corrected chi connectivity index (χ2v) is 6.98. The molecule has 5 nitrogen and oxygen atoms in total. The molecule has 26 heavy (non-hydrogen) atoms. The number of anilines is 2. The van der Waals surface area contributed by atoms with E-state index < -0.39 is 0 Å². The number of hydrogen-bond acceptors (Lipinski definition) is 5. The van der Waals surface area contributed by atoms with Crippen LogP contribution >= 0.6 is 0 Å². The summed E-state index contributed by atoms with van der Waals surface area (Å²) in [5.74, 6) is 1.94. The van der Waals surface area contributed by atoms with E-state index in [1.807, 2.05) is 12.3 Å². The zero-order valence-corrected chi connectivity index (χ0v) is 16.1. The SMILES string of the molecule is C=C1Nc2ccccc2N1CC1=N/C=C/CC/C=C(\C)N1CCN(C)C. The highest BCUT2D eigenvalue weighted by Crippen LogP contribution is 2.35. The number of benzene rings is 1. The van der Waals surface area contributed by atoms with Crippen molar-refractivity contribution in [2.45, 2.75) is 19.8 Å². The van der Waals surface area contributed by atoms with Crippen molar-refractivity contribution in [1.29, 1.82) is 0 Å². The van der Waals surface area contributed by atoms with Crippen molar-refractivity contribution >= 4 is 17.2 Å². The molecule has 1 aromatic rings. The third-order valence-electron chi connectivity index (χ3n) is 4.71. The largest absolute Gasteiger partial charge is 0.340 e. The summed E-state index contributed by atoms with van der Waals surface area (Å²) in [6.45, 7) is 8.95. The van der Waals surface area contributed by atoms with Crippen molar-refractivity contribution in [2.24, 2.45) is 4.99 Å². The number of hydrogen-bond donors (Lipinski definition) is 1. The number of para-hydroxylation sites is 2. The predicted molar refractivity (Wildman–Crippen MR) is 111 cm³/mol. The normalized spacial score (nSPS) is 20.5. The van der Waals surface area contributed by atoms with Crippen LogP contribution < -0.4 is 10.2 Å². The lowest BCUT2D eigenvalue weighted by atomic mass is 10.2. The average molecular weight is 351 g/mol. The van der Waals surface area contributed by atoms with Gasteiger partial charge in [-0.2, -0.15) is 0 Å². The van der Waals surface area contributed by atoms with Crippen LogP contribution in [0.25, 0.3) is 0 Å². The van der Waals surface area contributed by atoms with Gasteiger partial charge >= 0.3 is 0 Å². The van der Waals surface area contributed by atoms with E-state index in [9.17, 15) is 0 Å². The van der Waals surface area contributed by atoms with E-state index in [4.69, 9.17) is 4.99 Å². The van der Waals surface area contributed by atoms with E-state index in [2.05, 4.69) is 78.0 Å². The van der Waals surface area contributed by atoms with Gasteiger partial charge in [0, 0.05) is 25.0 Å². The molecule has 1 aromatic carbocycles. The molecular weight excluding hydrogens is 322 g/mol. The van der Waals surface area contributed by atoms with Crippen molar-refractivity contribution in [2.75, 3.05) is 43.9 Å². The molecule has 2 aliphatic heterocycles. The van der Waals surface area contributed by atoms with Gasteiger partial charge in [0.15, 0.2) is 0 Å². The Balaban J connectivity index is 1.89. The maximum atomic E-state index is 4.82. The Morgan fingerprint density at radius 3 is 2.81 bits per heavy atom. The molecule has 0 aliphatic carbocycles. The van der Waals surface area contributed by atoms with Crippen LogP contribution in [0.15, 0.2) is 65.7 Å². The van der Waals surface area contributed by atoms with Gasteiger partial charge in [-0.15, -0.1) is 0 Å². The van der Waals surface area contributed by atoms with Crippen LogP contribution in [0.1, 0.15) is 19.8 Å². The van der Waals surface area contributed by atoms with Gasteiger partial charge in [0.1, 0.15) is 11.7 Å². The standard InChI is InChI=1S/C21H29N5/c1-17-10-6-5-9-13-22-21(25(17)15-14-24(3)4)16-26-18(2)23-19-11-7-8-12-20(19)26/h7-13,23H,2,5-6,14-16H2,1,3-4H3/b13-9+,17-10+,22-21?. The van der Waals surface area contributed by atoms with Gasteiger partial charge in [0.2, 0.25) is 0 Å². The molecule has 0 radical (unpaired) electrons. The summed E-state index contributed by atoms with van der Waals surface area (Å²) in [6.07, 6.45) is 8.47. The Labute approximate surface area is 157 Å². The molecule has 1 N–H and O–H groups in total. The molecule has 0 fully saturated rings. The van der Waals surface area contributed by atoms with Crippen LogP contribution in [0, 0.1) is 0 Å². The molecule has 0 spiro atoms. The Hall–Kier alpha value is -2.53. The van der Waals surface area contributed by atoms with Crippen LogP contribution in [-0.4, -0.2) is 49.4 Å². The van der Waals surface area contributed by atoms with Crippen molar-refractivity contribution in [3.05, 3.63) is 60.7 Å². The molecular formula is C21H29N5. The summed E-state index contributed by atoms with van der Waals surface area (Å²) >= 11 is 0. The highest BCUT2D eigenvalue weighted by Gasteiger charge is 2.25. The molecule has 0 aromatic heterocycles. The van der Waals surface area contributed by atoms with Gasteiger partial charge in [-0.05, 0) is 46.0 Å². The molecule has 2 aliphatic rings. The molecule has 2 heterocycles. The molecule has 0 atom stereocenters. The zero-order chi connectivity index (χ0) is 18.5. The lowest BCUT2D eigenvalue weighted by Gasteiger charge is -2.31. The number of likely N-dealkylation sites (N-methyl/N-ethyl adjacent to an activating group) is 1. The lowest BCUT2D eigenvalue weighted by molar-refractivity contribution is 0.358. The van der Waals surface area contributed by atoms with Gasteiger partial charge in [0.25, 0.3) is 0 Å². The van der Waals surface area contributed by atoms with Gasteiger partial charge in [-0.1, -0.05) is 30.9 Å². The number of nitrogens with one attached hydrogen (secondary N) is 1. The predicted octanol–water partition coefficient (Wildman–Crippen LogP) is 3.86. The van der Waals surface area contributed by atoms with Gasteiger partial charge in [-0.3, -0.25) is 0 Å². The molecule has 0 unspecified atom stereocenters. The summed E-state index contributed by atoms with van der Waals surface area (Å²) in [5.41, 5.74) is 3.52. The second kappa shape index (κ2) is 8.23. The van der Waals surface area contributed by atoms with E-state index in [-0.39, 0.29) is 0 Å². The number of allylic oxidation sites excluding steroid dienone is 3. The Kier molecular flexibility index (Phi) is 5.78.